The Morgan fingerprint density at radius 3 is 2.20 bits per heavy atom. The topological polar surface area (TPSA) is 17.1 Å². The third-order valence-electron chi connectivity index (χ3n) is 4.08. The van der Waals surface area contributed by atoms with E-state index >= 15 is 0 Å². The normalized spacial score (nSPS) is 31.9. The van der Waals surface area contributed by atoms with Crippen molar-refractivity contribution in [3.8, 4) is 0 Å². The van der Waals surface area contributed by atoms with Gasteiger partial charge >= 0.3 is 0 Å². The van der Waals surface area contributed by atoms with E-state index in [1.54, 1.807) is 0 Å². The first-order valence-corrected chi connectivity index (χ1v) is 5.78. The molecule has 2 aliphatic carbocycles. The monoisotopic (exact) mass is 216 g/mol. The Morgan fingerprint density at radius 1 is 1.20 bits per heavy atom. The van der Waals surface area contributed by atoms with E-state index in [-0.39, 0.29) is 35.9 Å². The van der Waals surface area contributed by atoms with Crippen molar-refractivity contribution in [1.82, 2.24) is 0 Å². The first-order chi connectivity index (χ1) is 6.86. The van der Waals surface area contributed by atoms with Crippen molar-refractivity contribution in [3.05, 3.63) is 0 Å². The molecule has 1 nitrogen and oxygen atoms in total. The minimum absolute atomic E-state index is 0.0190. The molecule has 15 heavy (non-hydrogen) atoms. The van der Waals surface area contributed by atoms with Gasteiger partial charge in [0.05, 0.1) is 0 Å². The van der Waals surface area contributed by atoms with Gasteiger partial charge in [0.15, 0.2) is 0 Å². The van der Waals surface area contributed by atoms with Crippen molar-refractivity contribution in [1.29, 1.82) is 0 Å². The van der Waals surface area contributed by atoms with Gasteiger partial charge in [-0.3, -0.25) is 4.79 Å². The van der Waals surface area contributed by atoms with Crippen LogP contribution >= 0.6 is 0 Å². The number of hydrogen-bond donors (Lipinski definition) is 0. The number of hydrogen-bond acceptors (Lipinski definition) is 1. The first kappa shape index (κ1) is 11.0. The fraction of sp³-hybridized carbons (Fsp3) is 0.917. The number of rotatable bonds is 2. The molecule has 0 bridgehead atoms. The molecule has 0 radical (unpaired) electrons. The van der Waals surface area contributed by atoms with Crippen molar-refractivity contribution in [2.24, 2.45) is 17.3 Å². The number of ketones is 1. The van der Waals surface area contributed by atoms with Crippen molar-refractivity contribution in [3.63, 3.8) is 0 Å². The van der Waals surface area contributed by atoms with E-state index in [1.165, 1.54) is 0 Å². The molecule has 2 saturated carbocycles. The third-order valence-corrected chi connectivity index (χ3v) is 4.08. The van der Waals surface area contributed by atoms with E-state index in [2.05, 4.69) is 0 Å². The fourth-order valence-electron chi connectivity index (χ4n) is 2.82. The standard InChI is InChI=1S/C12H18F2O/c1-8(2)10(15)9-7-11(9)3-5-12(13,14)6-4-11/h8-9H,3-7H2,1-2H3. The molecule has 3 heteroatoms. The van der Waals surface area contributed by atoms with Crippen LogP contribution in [0.2, 0.25) is 0 Å². The van der Waals surface area contributed by atoms with Gasteiger partial charge in [0.2, 0.25) is 5.92 Å². The summed E-state index contributed by atoms with van der Waals surface area (Å²) in [7, 11) is 0. The number of carbonyl (C=O) groups is 1. The molecule has 1 spiro atoms. The van der Waals surface area contributed by atoms with Gasteiger partial charge in [-0.1, -0.05) is 13.8 Å². The molecule has 1 unspecified atom stereocenters. The van der Waals surface area contributed by atoms with Crippen LogP contribution in [0.4, 0.5) is 8.78 Å². The van der Waals surface area contributed by atoms with Gasteiger partial charge in [-0.2, -0.15) is 0 Å². The molecule has 0 saturated heterocycles. The summed E-state index contributed by atoms with van der Waals surface area (Å²) in [5, 5.41) is 0. The van der Waals surface area contributed by atoms with Gasteiger partial charge in [0, 0.05) is 24.7 Å². The Kier molecular flexibility index (Phi) is 2.40. The summed E-state index contributed by atoms with van der Waals surface area (Å²) in [6.07, 6.45) is 1.91. The van der Waals surface area contributed by atoms with Crippen LogP contribution in [-0.2, 0) is 4.79 Å². The van der Waals surface area contributed by atoms with Crippen LogP contribution in [0, 0.1) is 17.3 Å². The van der Waals surface area contributed by atoms with Crippen LogP contribution in [0.25, 0.3) is 0 Å². The zero-order valence-corrected chi connectivity index (χ0v) is 9.35. The molecule has 86 valence electrons. The highest BCUT2D eigenvalue weighted by molar-refractivity contribution is 5.86. The van der Waals surface area contributed by atoms with E-state index in [4.69, 9.17) is 0 Å². The molecule has 0 aromatic carbocycles. The minimum atomic E-state index is -2.47. The lowest BCUT2D eigenvalue weighted by molar-refractivity contribution is -0.125. The lowest BCUT2D eigenvalue weighted by atomic mass is 9.81. The Hall–Kier alpha value is -0.470. The average Bonchev–Trinajstić information content (AvgIpc) is 2.85. The summed E-state index contributed by atoms with van der Waals surface area (Å²) < 4.78 is 26.0. The van der Waals surface area contributed by atoms with Gasteiger partial charge in [-0.15, -0.1) is 0 Å². The first-order valence-electron chi connectivity index (χ1n) is 5.78. The van der Waals surface area contributed by atoms with Crippen LogP contribution in [-0.4, -0.2) is 11.7 Å². The van der Waals surface area contributed by atoms with Crippen LogP contribution in [0.1, 0.15) is 46.0 Å². The second-order valence-corrected chi connectivity index (χ2v) is 5.53. The van der Waals surface area contributed by atoms with Gasteiger partial charge in [-0.25, -0.2) is 8.78 Å². The maximum absolute atomic E-state index is 13.0. The predicted octanol–water partition coefficient (Wildman–Crippen LogP) is 3.43. The van der Waals surface area contributed by atoms with E-state index in [0.29, 0.717) is 12.8 Å². The summed E-state index contributed by atoms with van der Waals surface area (Å²) in [6, 6.07) is 0. The fourth-order valence-corrected chi connectivity index (χ4v) is 2.82. The molecular formula is C12H18F2O. The quantitative estimate of drug-likeness (QED) is 0.691. The molecular weight excluding hydrogens is 198 g/mol. The van der Waals surface area contributed by atoms with Crippen molar-refractivity contribution in [2.45, 2.75) is 51.9 Å². The summed E-state index contributed by atoms with van der Waals surface area (Å²) >= 11 is 0. The molecule has 1 atom stereocenters. The molecule has 0 aliphatic heterocycles. The SMILES string of the molecule is CC(C)C(=O)C1CC12CCC(F)(F)CC2. The second-order valence-electron chi connectivity index (χ2n) is 5.53. The van der Waals surface area contributed by atoms with Crippen molar-refractivity contribution >= 4 is 5.78 Å². The number of halogens is 2. The summed E-state index contributed by atoms with van der Waals surface area (Å²) in [6.45, 7) is 3.79. The van der Waals surface area contributed by atoms with Gasteiger partial charge in [-0.05, 0) is 24.7 Å². The lowest BCUT2D eigenvalue weighted by Crippen LogP contribution is -2.28. The van der Waals surface area contributed by atoms with Gasteiger partial charge in [0.1, 0.15) is 5.78 Å². The smallest absolute Gasteiger partial charge is 0.248 e. The molecule has 2 rings (SSSR count). The number of carbonyl (C=O) groups excluding carboxylic acids is 1. The molecule has 0 aromatic rings. The Morgan fingerprint density at radius 2 is 1.73 bits per heavy atom. The molecule has 2 fully saturated rings. The maximum atomic E-state index is 13.0. The van der Waals surface area contributed by atoms with Crippen molar-refractivity contribution < 1.29 is 13.6 Å². The number of alkyl halides is 2. The molecule has 0 amide bonds. The van der Waals surface area contributed by atoms with Crippen molar-refractivity contribution in [2.75, 3.05) is 0 Å². The van der Waals surface area contributed by atoms with Crippen LogP contribution in [0.3, 0.4) is 0 Å². The molecule has 0 aromatic heterocycles. The third kappa shape index (κ3) is 1.93. The molecule has 0 N–H and O–H groups in total. The predicted molar refractivity (Wildman–Crippen MR) is 53.8 cm³/mol. The summed E-state index contributed by atoms with van der Waals surface area (Å²) in [5.41, 5.74) is -0.0248. The Balaban J connectivity index is 1.95. The minimum Gasteiger partial charge on any atom is -0.299 e. The Labute approximate surface area is 89.2 Å². The highest BCUT2D eigenvalue weighted by atomic mass is 19.3. The largest absolute Gasteiger partial charge is 0.299 e. The van der Waals surface area contributed by atoms with E-state index in [1.807, 2.05) is 13.8 Å². The zero-order valence-electron chi connectivity index (χ0n) is 9.35. The van der Waals surface area contributed by atoms with Gasteiger partial charge in [0.25, 0.3) is 0 Å². The zero-order chi connectivity index (χ0) is 11.3. The second kappa shape index (κ2) is 3.26. The highest BCUT2D eigenvalue weighted by Gasteiger charge is 2.60. The van der Waals surface area contributed by atoms with Gasteiger partial charge < -0.3 is 0 Å². The average molecular weight is 216 g/mol. The Bertz CT molecular complexity index is 273. The number of Topliss-reactive ketones (excluding diaryl/α,β-unsaturated/α-hetero) is 1. The van der Waals surface area contributed by atoms with E-state index in [0.717, 1.165) is 6.42 Å². The van der Waals surface area contributed by atoms with Crippen LogP contribution in [0.5, 0.6) is 0 Å². The molecule has 2 aliphatic rings. The summed E-state index contributed by atoms with van der Waals surface area (Å²) in [4.78, 5) is 11.8. The summed E-state index contributed by atoms with van der Waals surface area (Å²) in [5.74, 6) is -2.05. The van der Waals surface area contributed by atoms with Crippen LogP contribution < -0.4 is 0 Å². The lowest BCUT2D eigenvalue weighted by Gasteiger charge is -2.29. The maximum Gasteiger partial charge on any atom is 0.248 e. The van der Waals surface area contributed by atoms with Crippen LogP contribution in [0.15, 0.2) is 0 Å². The van der Waals surface area contributed by atoms with E-state index in [9.17, 15) is 13.6 Å². The molecule has 0 heterocycles. The highest BCUT2D eigenvalue weighted by Crippen LogP contribution is 2.64. The van der Waals surface area contributed by atoms with E-state index < -0.39 is 5.92 Å².